The predicted molar refractivity (Wildman–Crippen MR) is 103 cm³/mol. The van der Waals surface area contributed by atoms with Gasteiger partial charge in [0.1, 0.15) is 0 Å². The number of rotatable bonds is 9. The Morgan fingerprint density at radius 2 is 2.08 bits per heavy atom. The molecule has 6 heteroatoms. The molecule has 0 spiro atoms. The second-order valence-electron chi connectivity index (χ2n) is 6.26. The van der Waals surface area contributed by atoms with Gasteiger partial charge in [0, 0.05) is 24.7 Å². The molecule has 144 valence electrons. The highest BCUT2D eigenvalue weighted by molar-refractivity contribution is 7.89. The van der Waals surface area contributed by atoms with E-state index < -0.39 is 22.2 Å². The number of allylic oxidation sites excluding steroid dienone is 2. The molecule has 0 aliphatic heterocycles. The molecule has 0 saturated carbocycles. The molecule has 2 unspecified atom stereocenters. The summed E-state index contributed by atoms with van der Waals surface area (Å²) in [7, 11) is -0.108. The van der Waals surface area contributed by atoms with Crippen molar-refractivity contribution < 1.29 is 23.6 Å². The van der Waals surface area contributed by atoms with Crippen LogP contribution in [0.2, 0.25) is 0 Å². The highest BCUT2D eigenvalue weighted by Gasteiger charge is 2.41. The van der Waals surface area contributed by atoms with E-state index in [1.807, 2.05) is 0 Å². The largest absolute Gasteiger partial charge is 0.469 e. The zero-order valence-corrected chi connectivity index (χ0v) is 16.6. The fourth-order valence-corrected chi connectivity index (χ4v) is 3.31. The van der Waals surface area contributed by atoms with E-state index >= 15 is 0 Å². The van der Waals surface area contributed by atoms with Gasteiger partial charge in [0.25, 0.3) is 0 Å². The van der Waals surface area contributed by atoms with E-state index in [0.717, 1.165) is 25.7 Å². The van der Waals surface area contributed by atoms with Gasteiger partial charge in [-0.15, -0.1) is 0 Å². The van der Waals surface area contributed by atoms with Gasteiger partial charge in [-0.3, -0.25) is 13.8 Å². The Labute approximate surface area is 158 Å². The molecule has 5 nitrogen and oxygen atoms in total. The maximum atomic E-state index is 12.5. The molecule has 2 atom stereocenters. The number of carbonyl (C=O) groups is 2. The SMILES string of the molecule is CCCCC#CC1(O)C=C(S(C)=O)C(=O)C1=CCCCCCC(=O)OC. The molecule has 0 heterocycles. The average Bonchev–Trinajstić information content (AvgIpc) is 2.86. The third kappa shape index (κ3) is 6.54. The number of carbonyl (C=O) groups excluding carboxylic acids is 2. The summed E-state index contributed by atoms with van der Waals surface area (Å²) in [5, 5.41) is 10.8. The molecular weight excluding hydrogens is 352 g/mol. The van der Waals surface area contributed by atoms with E-state index in [2.05, 4.69) is 23.5 Å². The van der Waals surface area contributed by atoms with Crippen LogP contribution in [0.5, 0.6) is 0 Å². The first-order valence-electron chi connectivity index (χ1n) is 8.96. The lowest BCUT2D eigenvalue weighted by Crippen LogP contribution is -2.26. The number of Topliss-reactive ketones (excluding diaryl/α,β-unsaturated/α-hetero) is 1. The van der Waals surface area contributed by atoms with Crippen molar-refractivity contribution >= 4 is 22.6 Å². The molecule has 0 amide bonds. The van der Waals surface area contributed by atoms with Crippen LogP contribution in [0.25, 0.3) is 0 Å². The minimum atomic E-state index is -1.65. The zero-order chi connectivity index (χ0) is 19.6. The summed E-state index contributed by atoms with van der Waals surface area (Å²) in [6.07, 6.45) is 10.3. The topological polar surface area (TPSA) is 80.7 Å². The summed E-state index contributed by atoms with van der Waals surface area (Å²) in [5.41, 5.74) is -1.46. The number of methoxy groups -OCH3 is 1. The smallest absolute Gasteiger partial charge is 0.305 e. The highest BCUT2D eigenvalue weighted by Crippen LogP contribution is 2.32. The van der Waals surface area contributed by atoms with E-state index in [-0.39, 0.29) is 16.4 Å². The van der Waals surface area contributed by atoms with Crippen molar-refractivity contribution in [3.05, 3.63) is 22.6 Å². The standard InChI is InChI=1S/C20H28O5S/c1-4-5-6-11-14-20(23)15-17(26(3)24)19(22)16(20)12-9-7-8-10-13-18(21)25-2/h12,15,23H,4-10,13H2,1-3H3. The van der Waals surface area contributed by atoms with Crippen LogP contribution in [0.15, 0.2) is 22.6 Å². The number of esters is 1. The van der Waals surface area contributed by atoms with Gasteiger partial charge in [0.15, 0.2) is 5.60 Å². The van der Waals surface area contributed by atoms with Crippen LogP contribution in [0.3, 0.4) is 0 Å². The van der Waals surface area contributed by atoms with Gasteiger partial charge in [-0.25, -0.2) is 0 Å². The molecule has 0 aromatic rings. The van der Waals surface area contributed by atoms with Gasteiger partial charge in [0.05, 0.1) is 22.8 Å². The van der Waals surface area contributed by atoms with Crippen molar-refractivity contribution in [2.45, 2.75) is 63.9 Å². The summed E-state index contributed by atoms with van der Waals surface area (Å²) in [5.74, 6) is 5.07. The molecule has 0 aromatic heterocycles. The molecule has 0 bridgehead atoms. The van der Waals surface area contributed by atoms with Gasteiger partial charge in [0.2, 0.25) is 5.78 Å². The average molecular weight is 381 g/mol. The molecule has 0 fully saturated rings. The van der Waals surface area contributed by atoms with Crippen molar-refractivity contribution in [3.8, 4) is 11.8 Å². The molecule has 0 radical (unpaired) electrons. The van der Waals surface area contributed by atoms with Crippen LogP contribution >= 0.6 is 0 Å². The number of ether oxygens (including phenoxy) is 1. The quantitative estimate of drug-likeness (QED) is 0.288. The molecule has 1 aliphatic rings. The van der Waals surface area contributed by atoms with E-state index in [0.29, 0.717) is 25.7 Å². The van der Waals surface area contributed by atoms with Crippen LogP contribution in [0.1, 0.15) is 58.3 Å². The summed E-state index contributed by atoms with van der Waals surface area (Å²) >= 11 is 0. The van der Waals surface area contributed by atoms with Gasteiger partial charge < -0.3 is 9.84 Å². The number of ketones is 1. The van der Waals surface area contributed by atoms with Crippen molar-refractivity contribution in [2.75, 3.05) is 13.4 Å². The van der Waals surface area contributed by atoms with Crippen LogP contribution < -0.4 is 0 Å². The first-order chi connectivity index (χ1) is 12.4. The van der Waals surface area contributed by atoms with Crippen LogP contribution in [-0.2, 0) is 25.1 Å². The lowest BCUT2D eigenvalue weighted by molar-refractivity contribution is -0.140. The fraction of sp³-hybridized carbons (Fsp3) is 0.600. The lowest BCUT2D eigenvalue weighted by atomic mass is 9.95. The Morgan fingerprint density at radius 3 is 2.69 bits per heavy atom. The van der Waals surface area contributed by atoms with E-state index in [1.165, 1.54) is 19.4 Å². The predicted octanol–water partition coefficient (Wildman–Crippen LogP) is 2.81. The van der Waals surface area contributed by atoms with Gasteiger partial charge in [-0.05, 0) is 31.8 Å². The van der Waals surface area contributed by atoms with E-state index in [9.17, 15) is 18.9 Å². The Morgan fingerprint density at radius 1 is 1.35 bits per heavy atom. The maximum Gasteiger partial charge on any atom is 0.305 e. The molecule has 0 aromatic carbocycles. The third-order valence-corrected chi connectivity index (χ3v) is 5.05. The number of aliphatic hydroxyl groups is 1. The molecular formula is C20H28O5S. The van der Waals surface area contributed by atoms with Gasteiger partial charge in [-0.1, -0.05) is 37.7 Å². The van der Waals surface area contributed by atoms with Crippen LogP contribution in [0, 0.1) is 11.8 Å². The summed E-state index contributed by atoms with van der Waals surface area (Å²) in [4.78, 5) is 23.7. The van der Waals surface area contributed by atoms with E-state index in [4.69, 9.17) is 0 Å². The molecule has 1 aliphatic carbocycles. The second kappa shape index (κ2) is 11.1. The second-order valence-corrected chi connectivity index (χ2v) is 7.60. The fourth-order valence-electron chi connectivity index (χ4n) is 2.61. The third-order valence-electron chi connectivity index (χ3n) is 4.12. The van der Waals surface area contributed by atoms with Gasteiger partial charge in [-0.2, -0.15) is 0 Å². The van der Waals surface area contributed by atoms with Crippen LogP contribution in [0.4, 0.5) is 0 Å². The number of hydrogen-bond donors (Lipinski definition) is 1. The maximum absolute atomic E-state index is 12.5. The van der Waals surface area contributed by atoms with Gasteiger partial charge >= 0.3 is 5.97 Å². The first-order valence-corrected chi connectivity index (χ1v) is 10.5. The minimum Gasteiger partial charge on any atom is -0.469 e. The molecule has 1 N–H and O–H groups in total. The lowest BCUT2D eigenvalue weighted by Gasteiger charge is -2.15. The molecule has 1 rings (SSSR count). The molecule has 0 saturated heterocycles. The zero-order valence-electron chi connectivity index (χ0n) is 15.8. The van der Waals surface area contributed by atoms with Crippen molar-refractivity contribution in [1.29, 1.82) is 0 Å². The summed E-state index contributed by atoms with van der Waals surface area (Å²) in [6, 6.07) is 0. The molecule has 26 heavy (non-hydrogen) atoms. The van der Waals surface area contributed by atoms with Crippen molar-refractivity contribution in [3.63, 3.8) is 0 Å². The Bertz CT molecular complexity index is 665. The summed E-state index contributed by atoms with van der Waals surface area (Å²) in [6.45, 7) is 2.05. The summed E-state index contributed by atoms with van der Waals surface area (Å²) < 4.78 is 16.4. The van der Waals surface area contributed by atoms with Crippen molar-refractivity contribution in [1.82, 2.24) is 0 Å². The Kier molecular flexibility index (Phi) is 9.53. The highest BCUT2D eigenvalue weighted by atomic mass is 32.2. The van der Waals surface area contributed by atoms with Crippen LogP contribution in [-0.4, -0.2) is 40.0 Å². The Balaban J connectivity index is 2.77. The monoisotopic (exact) mass is 380 g/mol. The first kappa shape index (κ1) is 22.3. The number of hydrogen-bond acceptors (Lipinski definition) is 5. The Hall–Kier alpha value is -1.71. The minimum absolute atomic E-state index is 0.106. The normalized spacial score (nSPS) is 21.9. The van der Waals surface area contributed by atoms with E-state index in [1.54, 1.807) is 6.08 Å². The number of unbranched alkanes of at least 4 members (excludes halogenated alkanes) is 5. The van der Waals surface area contributed by atoms with Crippen molar-refractivity contribution in [2.24, 2.45) is 0 Å².